The Morgan fingerprint density at radius 1 is 1.36 bits per heavy atom. The summed E-state index contributed by atoms with van der Waals surface area (Å²) in [6.45, 7) is 10.8. The van der Waals surface area contributed by atoms with Gasteiger partial charge in [0, 0.05) is 13.1 Å². The highest BCUT2D eigenvalue weighted by molar-refractivity contribution is 5.87. The largest absolute Gasteiger partial charge is 0.444 e. The molecular weight excluding hydrogens is 278 g/mol. The molecule has 126 valence electrons. The van der Waals surface area contributed by atoms with Gasteiger partial charge in [0.25, 0.3) is 0 Å². The number of nitrogens with zero attached hydrogens (tertiary/aromatic N) is 2. The zero-order valence-electron chi connectivity index (χ0n) is 14.5. The summed E-state index contributed by atoms with van der Waals surface area (Å²) in [6, 6.07) is 0. The van der Waals surface area contributed by atoms with Crippen molar-refractivity contribution in [1.29, 1.82) is 0 Å². The summed E-state index contributed by atoms with van der Waals surface area (Å²) in [5, 5.41) is 3.47. The van der Waals surface area contributed by atoms with Crippen molar-refractivity contribution in [2.45, 2.75) is 59.0 Å². The molecule has 0 spiro atoms. The lowest BCUT2D eigenvalue weighted by atomic mass is 9.80. The van der Waals surface area contributed by atoms with Gasteiger partial charge in [-0.2, -0.15) is 0 Å². The number of amidine groups is 1. The summed E-state index contributed by atoms with van der Waals surface area (Å²) in [4.78, 5) is 18.4. The first-order valence-corrected chi connectivity index (χ1v) is 8.60. The van der Waals surface area contributed by atoms with Gasteiger partial charge in [-0.1, -0.05) is 26.2 Å². The van der Waals surface area contributed by atoms with Crippen LogP contribution in [0.15, 0.2) is 4.99 Å². The number of hydrogen-bond acceptors (Lipinski definition) is 4. The van der Waals surface area contributed by atoms with Gasteiger partial charge < -0.3 is 10.1 Å². The Kier molecular flexibility index (Phi) is 5.70. The molecule has 5 nitrogen and oxygen atoms in total. The van der Waals surface area contributed by atoms with E-state index in [9.17, 15) is 4.79 Å². The van der Waals surface area contributed by atoms with Crippen molar-refractivity contribution in [3.63, 3.8) is 0 Å². The molecule has 0 aromatic carbocycles. The number of amides is 1. The zero-order chi connectivity index (χ0) is 16.2. The molecular formula is C17H31N3O2. The van der Waals surface area contributed by atoms with Crippen LogP contribution in [-0.4, -0.2) is 48.6 Å². The van der Waals surface area contributed by atoms with Crippen molar-refractivity contribution >= 4 is 11.9 Å². The van der Waals surface area contributed by atoms with E-state index in [1.54, 1.807) is 4.90 Å². The summed E-state index contributed by atoms with van der Waals surface area (Å²) >= 11 is 0. The molecule has 1 saturated carbocycles. The predicted molar refractivity (Wildman–Crippen MR) is 89.2 cm³/mol. The van der Waals surface area contributed by atoms with Crippen LogP contribution in [0.3, 0.4) is 0 Å². The second kappa shape index (κ2) is 7.34. The monoisotopic (exact) mass is 309 g/mol. The van der Waals surface area contributed by atoms with Gasteiger partial charge >= 0.3 is 6.09 Å². The average Bonchev–Trinajstić information content (AvgIpc) is 2.45. The lowest BCUT2D eigenvalue weighted by Crippen LogP contribution is -2.48. The molecule has 1 heterocycles. The summed E-state index contributed by atoms with van der Waals surface area (Å²) < 4.78 is 5.44. The fourth-order valence-corrected chi connectivity index (χ4v) is 3.15. The maximum Gasteiger partial charge on any atom is 0.410 e. The minimum atomic E-state index is -0.448. The summed E-state index contributed by atoms with van der Waals surface area (Å²) in [5.41, 5.74) is -0.448. The quantitative estimate of drug-likeness (QED) is 0.853. The van der Waals surface area contributed by atoms with Crippen LogP contribution >= 0.6 is 0 Å². The Morgan fingerprint density at radius 3 is 2.77 bits per heavy atom. The molecule has 2 atom stereocenters. The van der Waals surface area contributed by atoms with Crippen LogP contribution in [-0.2, 0) is 4.74 Å². The minimum absolute atomic E-state index is 0.243. The van der Waals surface area contributed by atoms with E-state index in [-0.39, 0.29) is 6.09 Å². The van der Waals surface area contributed by atoms with Crippen LogP contribution in [0, 0.1) is 11.8 Å². The Bertz CT molecular complexity index is 415. The zero-order valence-corrected chi connectivity index (χ0v) is 14.5. The van der Waals surface area contributed by atoms with Gasteiger partial charge in [0.15, 0.2) is 0 Å². The lowest BCUT2D eigenvalue weighted by molar-refractivity contribution is 0.0276. The molecule has 1 amide bonds. The summed E-state index contributed by atoms with van der Waals surface area (Å²) in [7, 11) is 0. The molecule has 2 rings (SSSR count). The van der Waals surface area contributed by atoms with Crippen LogP contribution in [0.25, 0.3) is 0 Å². The SMILES string of the molecule is CC1CCCCC1CNC1=NCCN(C(=O)OC(C)(C)C)C1. The fraction of sp³-hybridized carbons (Fsp3) is 0.882. The maximum absolute atomic E-state index is 12.1. The molecule has 1 fully saturated rings. The van der Waals surface area contributed by atoms with E-state index in [4.69, 9.17) is 4.74 Å². The van der Waals surface area contributed by atoms with Gasteiger partial charge in [-0.15, -0.1) is 0 Å². The Labute approximate surface area is 134 Å². The molecule has 22 heavy (non-hydrogen) atoms. The van der Waals surface area contributed by atoms with E-state index in [1.165, 1.54) is 25.7 Å². The van der Waals surface area contributed by atoms with Gasteiger partial charge in [-0.25, -0.2) is 4.79 Å². The molecule has 0 aromatic rings. The molecule has 0 aromatic heterocycles. The first kappa shape index (κ1) is 17.1. The van der Waals surface area contributed by atoms with E-state index in [0.29, 0.717) is 19.6 Å². The first-order chi connectivity index (χ1) is 10.3. The third-order valence-electron chi connectivity index (χ3n) is 4.52. The van der Waals surface area contributed by atoms with Gasteiger partial charge in [0.05, 0.1) is 13.1 Å². The maximum atomic E-state index is 12.1. The molecule has 5 heteroatoms. The van der Waals surface area contributed by atoms with Gasteiger partial charge in [0.2, 0.25) is 0 Å². The number of aliphatic imine (C=N–C) groups is 1. The van der Waals surface area contributed by atoms with Gasteiger partial charge in [-0.3, -0.25) is 9.89 Å². The summed E-state index contributed by atoms with van der Waals surface area (Å²) in [5.74, 6) is 2.44. The van der Waals surface area contributed by atoms with Crippen LogP contribution < -0.4 is 5.32 Å². The molecule has 2 unspecified atom stereocenters. The molecule has 1 aliphatic heterocycles. The fourth-order valence-electron chi connectivity index (χ4n) is 3.15. The van der Waals surface area contributed by atoms with E-state index >= 15 is 0 Å². The molecule has 0 radical (unpaired) electrons. The third kappa shape index (κ3) is 5.18. The molecule has 1 aliphatic carbocycles. The lowest BCUT2D eigenvalue weighted by Gasteiger charge is -2.32. The van der Waals surface area contributed by atoms with Crippen LogP contribution in [0.2, 0.25) is 0 Å². The molecule has 2 aliphatic rings. The number of hydrogen-bond donors (Lipinski definition) is 1. The normalized spacial score (nSPS) is 26.4. The van der Waals surface area contributed by atoms with Crippen molar-refractivity contribution in [2.75, 3.05) is 26.2 Å². The third-order valence-corrected chi connectivity index (χ3v) is 4.52. The van der Waals surface area contributed by atoms with Gasteiger partial charge in [0.1, 0.15) is 11.4 Å². The van der Waals surface area contributed by atoms with E-state index in [0.717, 1.165) is 24.2 Å². The Balaban J connectivity index is 1.80. The van der Waals surface area contributed by atoms with Gasteiger partial charge in [-0.05, 0) is 39.0 Å². The number of carbonyl (C=O) groups is 1. The van der Waals surface area contributed by atoms with Crippen molar-refractivity contribution in [1.82, 2.24) is 10.2 Å². The number of nitrogens with one attached hydrogen (secondary N) is 1. The van der Waals surface area contributed by atoms with Crippen molar-refractivity contribution in [3.8, 4) is 0 Å². The van der Waals surface area contributed by atoms with Crippen molar-refractivity contribution < 1.29 is 9.53 Å². The Hall–Kier alpha value is -1.26. The predicted octanol–water partition coefficient (Wildman–Crippen LogP) is 3.05. The van der Waals surface area contributed by atoms with Crippen LogP contribution in [0.1, 0.15) is 53.4 Å². The smallest absolute Gasteiger partial charge is 0.410 e. The van der Waals surface area contributed by atoms with E-state index in [1.807, 2.05) is 20.8 Å². The highest BCUT2D eigenvalue weighted by Crippen LogP contribution is 2.28. The average molecular weight is 309 g/mol. The highest BCUT2D eigenvalue weighted by atomic mass is 16.6. The number of ether oxygens (including phenoxy) is 1. The molecule has 0 bridgehead atoms. The van der Waals surface area contributed by atoms with Crippen molar-refractivity contribution in [2.24, 2.45) is 16.8 Å². The van der Waals surface area contributed by atoms with Crippen LogP contribution in [0.4, 0.5) is 4.79 Å². The molecule has 1 N–H and O–H groups in total. The van der Waals surface area contributed by atoms with E-state index in [2.05, 4.69) is 17.2 Å². The Morgan fingerprint density at radius 2 is 2.09 bits per heavy atom. The number of rotatable bonds is 2. The van der Waals surface area contributed by atoms with Crippen LogP contribution in [0.5, 0.6) is 0 Å². The highest BCUT2D eigenvalue weighted by Gasteiger charge is 2.26. The molecule has 0 saturated heterocycles. The summed E-state index contributed by atoms with van der Waals surface area (Å²) in [6.07, 6.45) is 5.10. The van der Waals surface area contributed by atoms with Crippen molar-refractivity contribution in [3.05, 3.63) is 0 Å². The second-order valence-corrected chi connectivity index (χ2v) is 7.63. The number of carbonyl (C=O) groups excluding carboxylic acids is 1. The second-order valence-electron chi connectivity index (χ2n) is 7.63. The standard InChI is InChI=1S/C17H31N3O2/c1-13-7-5-6-8-14(13)11-19-15-12-20(10-9-18-15)16(21)22-17(2,3)4/h13-14H,5-12H2,1-4H3,(H,18,19). The van der Waals surface area contributed by atoms with E-state index < -0.39 is 5.60 Å². The minimum Gasteiger partial charge on any atom is -0.444 e. The first-order valence-electron chi connectivity index (χ1n) is 8.60. The topological polar surface area (TPSA) is 53.9 Å².